The summed E-state index contributed by atoms with van der Waals surface area (Å²) in [6.07, 6.45) is -5.12. The minimum Gasteiger partial charge on any atom is -0.378 e. The van der Waals surface area contributed by atoms with Crippen molar-refractivity contribution in [3.05, 3.63) is 0 Å². The monoisotopic (exact) mass is 327 g/mol. The van der Waals surface area contributed by atoms with Gasteiger partial charge in [0.1, 0.15) is 11.5 Å². The van der Waals surface area contributed by atoms with Gasteiger partial charge in [-0.05, 0) is 0 Å². The Morgan fingerprint density at radius 3 is 2.67 bits per heavy atom. The van der Waals surface area contributed by atoms with Gasteiger partial charge in [0.25, 0.3) is 0 Å². The lowest BCUT2D eigenvalue weighted by molar-refractivity contribution is -0.167. The van der Waals surface area contributed by atoms with Gasteiger partial charge in [0, 0.05) is 13.1 Å². The molecule has 21 heavy (non-hydrogen) atoms. The van der Waals surface area contributed by atoms with Crippen LogP contribution in [0.15, 0.2) is 0 Å². The Hall–Kier alpha value is -1.00. The van der Waals surface area contributed by atoms with Crippen LogP contribution >= 0.6 is 11.8 Å². The average molecular weight is 327 g/mol. The van der Waals surface area contributed by atoms with E-state index in [4.69, 9.17) is 4.74 Å². The Balaban J connectivity index is 1.81. The number of nitrogens with zero attached hydrogens (tertiary/aromatic N) is 1. The van der Waals surface area contributed by atoms with Gasteiger partial charge in [0.05, 0.1) is 25.4 Å². The van der Waals surface area contributed by atoms with Crippen molar-refractivity contribution in [2.75, 3.05) is 32.1 Å². The minimum atomic E-state index is -4.48. The number of hydrogen-bond donors (Lipinski definition) is 2. The molecule has 2 N–H and O–H groups in total. The second-order valence-corrected chi connectivity index (χ2v) is 5.81. The summed E-state index contributed by atoms with van der Waals surface area (Å²) in [5.41, 5.74) is -0.914. The van der Waals surface area contributed by atoms with E-state index in [1.165, 1.54) is 0 Å². The van der Waals surface area contributed by atoms with E-state index in [2.05, 4.69) is 10.6 Å². The lowest BCUT2D eigenvalue weighted by atomic mass is 10.1. The molecule has 0 aromatic rings. The van der Waals surface area contributed by atoms with E-state index in [0.29, 0.717) is 26.3 Å². The van der Waals surface area contributed by atoms with Crippen molar-refractivity contribution in [1.82, 2.24) is 15.5 Å². The first-order valence-corrected chi connectivity index (χ1v) is 7.50. The topological polar surface area (TPSA) is 70.7 Å². The van der Waals surface area contributed by atoms with E-state index in [9.17, 15) is 22.8 Å². The quantitative estimate of drug-likeness (QED) is 0.758. The number of morpholine rings is 1. The van der Waals surface area contributed by atoms with Gasteiger partial charge in [-0.15, -0.1) is 11.8 Å². The Morgan fingerprint density at radius 2 is 2.05 bits per heavy atom. The van der Waals surface area contributed by atoms with Crippen molar-refractivity contribution < 1.29 is 27.5 Å². The summed E-state index contributed by atoms with van der Waals surface area (Å²) in [5, 5.41) is 4.69. The van der Waals surface area contributed by atoms with Crippen LogP contribution < -0.4 is 10.6 Å². The molecule has 2 unspecified atom stereocenters. The summed E-state index contributed by atoms with van der Waals surface area (Å²) in [4.78, 5) is 24.8. The maximum atomic E-state index is 12.6. The standard InChI is InChI=1S/C11H16F3N3O3S/c12-11(13,14)7-5-8(18)16-10(15-7)21-6-9(19)17-1-3-20-4-2-17/h7,10,15H,1-6H2,(H,16,18). The summed E-state index contributed by atoms with van der Waals surface area (Å²) >= 11 is 0.948. The highest BCUT2D eigenvalue weighted by Gasteiger charge is 2.44. The van der Waals surface area contributed by atoms with E-state index >= 15 is 0 Å². The van der Waals surface area contributed by atoms with E-state index in [0.717, 1.165) is 11.8 Å². The highest BCUT2D eigenvalue weighted by Crippen LogP contribution is 2.26. The number of carbonyl (C=O) groups excluding carboxylic acids is 2. The first-order chi connectivity index (χ1) is 9.86. The van der Waals surface area contributed by atoms with Gasteiger partial charge in [-0.25, -0.2) is 0 Å². The van der Waals surface area contributed by atoms with Crippen molar-refractivity contribution in [1.29, 1.82) is 0 Å². The molecule has 0 bridgehead atoms. The fraction of sp³-hybridized carbons (Fsp3) is 0.818. The Bertz CT molecular complexity index is 402. The third-order valence-corrected chi connectivity index (χ3v) is 4.17. The molecule has 120 valence electrons. The number of hydrogen-bond acceptors (Lipinski definition) is 5. The predicted octanol–water partition coefficient (Wildman–Crippen LogP) is -0.0976. The normalized spacial score (nSPS) is 27.4. The molecule has 2 aliphatic rings. The van der Waals surface area contributed by atoms with Crippen molar-refractivity contribution >= 4 is 23.6 Å². The first kappa shape index (κ1) is 16.4. The predicted molar refractivity (Wildman–Crippen MR) is 69.4 cm³/mol. The van der Waals surface area contributed by atoms with E-state index in [1.54, 1.807) is 4.90 Å². The first-order valence-electron chi connectivity index (χ1n) is 6.45. The lowest BCUT2D eigenvalue weighted by Crippen LogP contribution is -2.59. The minimum absolute atomic E-state index is 0.00250. The van der Waals surface area contributed by atoms with Crippen LogP contribution in [-0.2, 0) is 14.3 Å². The molecule has 0 spiro atoms. The molecule has 2 atom stereocenters. The van der Waals surface area contributed by atoms with Crippen LogP contribution in [0, 0.1) is 0 Å². The molecular formula is C11H16F3N3O3S. The molecule has 0 saturated carbocycles. The van der Waals surface area contributed by atoms with Crippen molar-refractivity contribution in [2.45, 2.75) is 24.1 Å². The van der Waals surface area contributed by atoms with E-state index in [1.807, 2.05) is 0 Å². The zero-order chi connectivity index (χ0) is 15.5. The highest BCUT2D eigenvalue weighted by molar-refractivity contribution is 8.00. The fourth-order valence-electron chi connectivity index (χ4n) is 2.03. The second-order valence-electron chi connectivity index (χ2n) is 4.72. The molecule has 2 rings (SSSR count). The maximum absolute atomic E-state index is 12.6. The van der Waals surface area contributed by atoms with Gasteiger partial charge >= 0.3 is 6.18 Å². The summed E-state index contributed by atoms with van der Waals surface area (Å²) in [6, 6.07) is -1.87. The maximum Gasteiger partial charge on any atom is 0.404 e. The number of alkyl halides is 3. The van der Waals surface area contributed by atoms with Crippen LogP contribution in [-0.4, -0.2) is 66.5 Å². The van der Waals surface area contributed by atoms with Gasteiger partial charge in [0.15, 0.2) is 0 Å². The average Bonchev–Trinajstić information content (AvgIpc) is 2.44. The molecule has 0 aliphatic carbocycles. The zero-order valence-electron chi connectivity index (χ0n) is 11.1. The van der Waals surface area contributed by atoms with Crippen LogP contribution in [0.1, 0.15) is 6.42 Å². The molecule has 2 saturated heterocycles. The van der Waals surface area contributed by atoms with Gasteiger partial charge < -0.3 is 15.0 Å². The van der Waals surface area contributed by atoms with E-state index < -0.39 is 30.0 Å². The number of ether oxygens (including phenoxy) is 1. The number of carbonyl (C=O) groups is 2. The SMILES string of the molecule is O=C1CC(C(F)(F)F)NC(SCC(=O)N2CCOCC2)N1. The van der Waals surface area contributed by atoms with Crippen LogP contribution in [0.2, 0.25) is 0 Å². The summed E-state index contributed by atoms with van der Waals surface area (Å²) < 4.78 is 43.0. The molecule has 6 nitrogen and oxygen atoms in total. The summed E-state index contributed by atoms with van der Waals surface area (Å²) in [6.45, 7) is 1.89. The number of halogens is 3. The van der Waals surface area contributed by atoms with E-state index in [-0.39, 0.29) is 11.7 Å². The Kier molecular flexibility index (Phi) is 5.33. The molecule has 2 heterocycles. The third kappa shape index (κ3) is 4.75. The molecule has 2 fully saturated rings. The van der Waals surface area contributed by atoms with Crippen LogP contribution in [0.3, 0.4) is 0 Å². The summed E-state index contributed by atoms with van der Waals surface area (Å²) in [7, 11) is 0. The second kappa shape index (κ2) is 6.84. The van der Waals surface area contributed by atoms with Crippen LogP contribution in [0.5, 0.6) is 0 Å². The van der Waals surface area contributed by atoms with Gasteiger partial charge in [-0.2, -0.15) is 13.2 Å². The molecule has 2 aliphatic heterocycles. The lowest BCUT2D eigenvalue weighted by Gasteiger charge is -2.33. The molecule has 10 heteroatoms. The molecular weight excluding hydrogens is 311 g/mol. The number of rotatable bonds is 3. The van der Waals surface area contributed by atoms with Gasteiger partial charge in [-0.3, -0.25) is 14.9 Å². The smallest absolute Gasteiger partial charge is 0.378 e. The molecule has 0 aromatic heterocycles. The van der Waals surface area contributed by atoms with Gasteiger partial charge in [0.2, 0.25) is 11.8 Å². The van der Waals surface area contributed by atoms with Crippen molar-refractivity contribution in [3.63, 3.8) is 0 Å². The number of thioether (sulfide) groups is 1. The van der Waals surface area contributed by atoms with Crippen molar-refractivity contribution in [3.8, 4) is 0 Å². The van der Waals surface area contributed by atoms with Crippen molar-refractivity contribution in [2.24, 2.45) is 0 Å². The van der Waals surface area contributed by atoms with Gasteiger partial charge in [-0.1, -0.05) is 0 Å². The number of nitrogens with one attached hydrogen (secondary N) is 2. The Labute approximate surface area is 123 Å². The molecule has 0 aromatic carbocycles. The molecule has 0 radical (unpaired) electrons. The highest BCUT2D eigenvalue weighted by atomic mass is 32.2. The fourth-order valence-corrected chi connectivity index (χ4v) is 3.00. The molecule has 2 amide bonds. The van der Waals surface area contributed by atoms with Crippen LogP contribution in [0.25, 0.3) is 0 Å². The van der Waals surface area contributed by atoms with Crippen LogP contribution in [0.4, 0.5) is 13.2 Å². The number of amides is 2. The zero-order valence-corrected chi connectivity index (χ0v) is 11.9. The summed E-state index contributed by atoms with van der Waals surface area (Å²) in [5.74, 6) is -0.844. The third-order valence-electron chi connectivity index (χ3n) is 3.17. The Morgan fingerprint density at radius 1 is 1.38 bits per heavy atom. The largest absolute Gasteiger partial charge is 0.404 e.